The van der Waals surface area contributed by atoms with Crippen LogP contribution in [0.15, 0.2) is 40.9 Å². The highest BCUT2D eigenvalue weighted by molar-refractivity contribution is 9.10. The van der Waals surface area contributed by atoms with Crippen LogP contribution < -0.4 is 10.1 Å². The van der Waals surface area contributed by atoms with Crippen LogP contribution in [0.2, 0.25) is 0 Å². The lowest BCUT2D eigenvalue weighted by molar-refractivity contribution is -0.385. The van der Waals surface area contributed by atoms with E-state index in [4.69, 9.17) is 9.47 Å². The van der Waals surface area contributed by atoms with Gasteiger partial charge >= 0.3 is 5.97 Å². The molecular formula is C17H15BrN2O6. The van der Waals surface area contributed by atoms with Gasteiger partial charge < -0.3 is 14.8 Å². The van der Waals surface area contributed by atoms with E-state index in [9.17, 15) is 19.7 Å². The first-order valence-corrected chi connectivity index (χ1v) is 8.17. The zero-order valence-corrected chi connectivity index (χ0v) is 15.5. The quantitative estimate of drug-likeness (QED) is 0.433. The van der Waals surface area contributed by atoms with Crippen LogP contribution >= 0.6 is 15.9 Å². The van der Waals surface area contributed by atoms with Crippen molar-refractivity contribution in [3.8, 4) is 5.75 Å². The highest BCUT2D eigenvalue weighted by atomic mass is 79.9. The van der Waals surface area contributed by atoms with Gasteiger partial charge in [-0.25, -0.2) is 4.79 Å². The molecule has 2 aromatic rings. The zero-order chi connectivity index (χ0) is 19.3. The number of carbonyl (C=O) groups is 2. The number of nitro groups is 1. The highest BCUT2D eigenvalue weighted by Crippen LogP contribution is 2.25. The average molecular weight is 423 g/mol. The lowest BCUT2D eigenvalue weighted by atomic mass is 10.1. The van der Waals surface area contributed by atoms with E-state index in [1.54, 1.807) is 12.1 Å². The first-order chi connectivity index (χ1) is 12.3. The van der Waals surface area contributed by atoms with Gasteiger partial charge in [-0.05, 0) is 47.1 Å². The van der Waals surface area contributed by atoms with Crippen molar-refractivity contribution in [1.29, 1.82) is 0 Å². The average Bonchev–Trinajstić information content (AvgIpc) is 2.61. The molecular weight excluding hydrogens is 408 g/mol. The Morgan fingerprint density at radius 2 is 2.00 bits per heavy atom. The minimum absolute atomic E-state index is 0.111. The molecule has 1 amide bonds. The van der Waals surface area contributed by atoms with Gasteiger partial charge in [-0.2, -0.15) is 0 Å². The molecule has 8 nitrogen and oxygen atoms in total. The third-order valence-corrected chi connectivity index (χ3v) is 4.20. The van der Waals surface area contributed by atoms with Crippen LogP contribution in [0.5, 0.6) is 5.75 Å². The maximum Gasteiger partial charge on any atom is 0.339 e. The Kier molecular flexibility index (Phi) is 6.29. The fraction of sp³-hybridized carbons (Fsp3) is 0.176. The second-order valence-electron chi connectivity index (χ2n) is 5.18. The summed E-state index contributed by atoms with van der Waals surface area (Å²) in [5, 5.41) is 13.4. The molecule has 0 aliphatic carbocycles. The first kappa shape index (κ1) is 19.4. The van der Waals surface area contributed by atoms with Gasteiger partial charge in [0.25, 0.3) is 11.6 Å². The van der Waals surface area contributed by atoms with Crippen molar-refractivity contribution in [2.45, 2.75) is 6.92 Å². The Balaban J connectivity index is 2.02. The van der Waals surface area contributed by atoms with Crippen LogP contribution in [-0.2, 0) is 9.53 Å². The van der Waals surface area contributed by atoms with E-state index >= 15 is 0 Å². The van der Waals surface area contributed by atoms with E-state index in [2.05, 4.69) is 21.2 Å². The topological polar surface area (TPSA) is 108 Å². The number of esters is 1. The molecule has 0 radical (unpaired) electrons. The first-order valence-electron chi connectivity index (χ1n) is 7.38. The Hall–Kier alpha value is -2.94. The van der Waals surface area contributed by atoms with E-state index < -0.39 is 23.4 Å². The van der Waals surface area contributed by atoms with Crippen molar-refractivity contribution in [3.05, 3.63) is 62.1 Å². The van der Waals surface area contributed by atoms with Gasteiger partial charge in [0, 0.05) is 10.5 Å². The normalized spacial score (nSPS) is 10.1. The molecule has 0 spiro atoms. The molecule has 0 aliphatic heterocycles. The van der Waals surface area contributed by atoms with Gasteiger partial charge in [0.2, 0.25) is 0 Å². The molecule has 1 N–H and O–H groups in total. The number of nitrogens with one attached hydrogen (secondary N) is 1. The van der Waals surface area contributed by atoms with E-state index in [-0.39, 0.29) is 16.9 Å². The van der Waals surface area contributed by atoms with E-state index in [1.165, 1.54) is 38.3 Å². The third kappa shape index (κ3) is 4.57. The molecule has 0 unspecified atom stereocenters. The summed E-state index contributed by atoms with van der Waals surface area (Å²) in [6.07, 6.45) is 0. The SMILES string of the molecule is COc1ccc(Br)c(C(=O)OCC(=O)Nc2cccc([N+](=O)[O-])c2C)c1. The summed E-state index contributed by atoms with van der Waals surface area (Å²) in [6, 6.07) is 9.10. The van der Waals surface area contributed by atoms with Crippen molar-refractivity contribution in [1.82, 2.24) is 0 Å². The number of nitrogens with zero attached hydrogens (tertiary/aromatic N) is 1. The molecule has 0 heterocycles. The van der Waals surface area contributed by atoms with Crippen LogP contribution in [0.25, 0.3) is 0 Å². The highest BCUT2D eigenvalue weighted by Gasteiger charge is 2.17. The van der Waals surface area contributed by atoms with E-state index in [1.807, 2.05) is 0 Å². The molecule has 2 aromatic carbocycles. The second kappa shape index (κ2) is 8.43. The molecule has 26 heavy (non-hydrogen) atoms. The number of methoxy groups -OCH3 is 1. The van der Waals surface area contributed by atoms with Crippen molar-refractivity contribution in [2.24, 2.45) is 0 Å². The number of hydrogen-bond acceptors (Lipinski definition) is 6. The smallest absolute Gasteiger partial charge is 0.339 e. The van der Waals surface area contributed by atoms with Gasteiger partial charge in [-0.1, -0.05) is 6.07 Å². The van der Waals surface area contributed by atoms with Gasteiger partial charge in [0.15, 0.2) is 6.61 Å². The fourth-order valence-electron chi connectivity index (χ4n) is 2.14. The number of ether oxygens (including phenoxy) is 2. The lowest BCUT2D eigenvalue weighted by Crippen LogP contribution is -2.21. The summed E-state index contributed by atoms with van der Waals surface area (Å²) in [5.74, 6) is -0.848. The third-order valence-electron chi connectivity index (χ3n) is 3.50. The molecule has 0 bridgehead atoms. The van der Waals surface area contributed by atoms with Crippen molar-refractivity contribution < 1.29 is 24.0 Å². The molecule has 0 saturated carbocycles. The monoisotopic (exact) mass is 422 g/mol. The molecule has 0 aromatic heterocycles. The number of hydrogen-bond donors (Lipinski definition) is 1. The Bertz CT molecular complexity index is 868. The Labute approximate surface area is 157 Å². The lowest BCUT2D eigenvalue weighted by Gasteiger charge is -2.10. The Morgan fingerprint density at radius 1 is 1.27 bits per heavy atom. The van der Waals surface area contributed by atoms with E-state index in [0.717, 1.165) is 0 Å². The Morgan fingerprint density at radius 3 is 2.65 bits per heavy atom. The van der Waals surface area contributed by atoms with Crippen molar-refractivity contribution in [3.63, 3.8) is 0 Å². The summed E-state index contributed by atoms with van der Waals surface area (Å²) >= 11 is 3.23. The molecule has 136 valence electrons. The molecule has 9 heteroatoms. The molecule has 2 rings (SSSR count). The molecule has 0 saturated heterocycles. The number of carbonyl (C=O) groups excluding carboxylic acids is 2. The maximum atomic E-state index is 12.1. The maximum absolute atomic E-state index is 12.1. The minimum atomic E-state index is -0.707. The fourth-order valence-corrected chi connectivity index (χ4v) is 2.55. The zero-order valence-electron chi connectivity index (χ0n) is 13.9. The summed E-state index contributed by atoms with van der Waals surface area (Å²) < 4.78 is 10.5. The molecule has 0 aliphatic rings. The van der Waals surface area contributed by atoms with Crippen molar-refractivity contribution in [2.75, 3.05) is 19.0 Å². The molecule has 0 atom stereocenters. The largest absolute Gasteiger partial charge is 0.497 e. The van der Waals surface area contributed by atoms with Crippen LogP contribution in [0, 0.1) is 17.0 Å². The number of rotatable bonds is 6. The standard InChI is InChI=1S/C17H15BrN2O6/c1-10-14(4-3-5-15(10)20(23)24)19-16(21)9-26-17(22)12-8-11(25-2)6-7-13(12)18/h3-8H,9H2,1-2H3,(H,19,21). The van der Waals surface area contributed by atoms with Crippen LogP contribution in [0.3, 0.4) is 0 Å². The summed E-state index contributed by atoms with van der Waals surface area (Å²) in [6.45, 7) is 0.984. The van der Waals surface area contributed by atoms with Gasteiger partial charge in [-0.3, -0.25) is 14.9 Å². The minimum Gasteiger partial charge on any atom is -0.497 e. The second-order valence-corrected chi connectivity index (χ2v) is 6.03. The number of nitro benzene ring substituents is 1. The number of amides is 1. The number of anilines is 1. The van der Waals surface area contributed by atoms with Crippen LogP contribution in [-0.4, -0.2) is 30.5 Å². The van der Waals surface area contributed by atoms with Gasteiger partial charge in [0.05, 0.1) is 28.8 Å². The van der Waals surface area contributed by atoms with E-state index in [0.29, 0.717) is 15.8 Å². The van der Waals surface area contributed by atoms with Crippen LogP contribution in [0.1, 0.15) is 15.9 Å². The summed E-state index contributed by atoms with van der Waals surface area (Å²) in [5.41, 5.74) is 0.694. The van der Waals surface area contributed by atoms with Gasteiger partial charge in [-0.15, -0.1) is 0 Å². The predicted octanol–water partition coefficient (Wildman–Crippen LogP) is 3.47. The predicted molar refractivity (Wildman–Crippen MR) is 97.4 cm³/mol. The number of benzene rings is 2. The summed E-state index contributed by atoms with van der Waals surface area (Å²) in [7, 11) is 1.47. The van der Waals surface area contributed by atoms with Crippen LogP contribution in [0.4, 0.5) is 11.4 Å². The number of halogens is 1. The van der Waals surface area contributed by atoms with Gasteiger partial charge in [0.1, 0.15) is 5.75 Å². The molecule has 0 fully saturated rings. The summed E-state index contributed by atoms with van der Waals surface area (Å²) in [4.78, 5) is 34.5. The van der Waals surface area contributed by atoms with Crippen molar-refractivity contribution >= 4 is 39.2 Å².